The van der Waals surface area contributed by atoms with Crippen molar-refractivity contribution in [2.24, 2.45) is 5.92 Å². The van der Waals surface area contributed by atoms with Crippen LogP contribution in [0.2, 0.25) is 0 Å². The lowest BCUT2D eigenvalue weighted by Crippen LogP contribution is -2.30. The molecule has 4 heteroatoms. The normalized spacial score (nSPS) is 20.7. The Morgan fingerprint density at radius 2 is 1.92 bits per heavy atom. The van der Waals surface area contributed by atoms with E-state index in [0.29, 0.717) is 0 Å². The van der Waals surface area contributed by atoms with Gasteiger partial charge >= 0.3 is 0 Å². The fraction of sp³-hybridized carbons (Fsp3) is 0.667. The summed E-state index contributed by atoms with van der Waals surface area (Å²) in [5.41, 5.74) is 5.06. The van der Waals surface area contributed by atoms with Crippen molar-refractivity contribution in [2.45, 2.75) is 51.5 Å². The molecule has 0 spiro atoms. The predicted octanol–water partition coefficient (Wildman–Crippen LogP) is 3.87. The Balaban J connectivity index is 1.43. The van der Waals surface area contributed by atoms with Gasteiger partial charge in [-0.05, 0) is 108 Å². The molecule has 1 fully saturated rings. The second-order valence-corrected chi connectivity index (χ2v) is 8.23. The molecule has 0 saturated carbocycles. The van der Waals surface area contributed by atoms with Crippen LogP contribution in [0, 0.1) is 5.92 Å². The van der Waals surface area contributed by atoms with E-state index in [-0.39, 0.29) is 0 Å². The zero-order valence-electron chi connectivity index (χ0n) is 15.8. The quantitative estimate of drug-likeness (QED) is 0.845. The van der Waals surface area contributed by atoms with Crippen molar-refractivity contribution in [2.75, 3.05) is 33.7 Å². The average Bonchev–Trinajstić information content (AvgIpc) is 2.88. The largest absolute Gasteiger partial charge is 0.356 e. The van der Waals surface area contributed by atoms with Crippen LogP contribution >= 0.6 is 0 Å². The van der Waals surface area contributed by atoms with Crippen LogP contribution in [-0.4, -0.2) is 48.7 Å². The molecule has 3 heterocycles. The molecule has 0 bridgehead atoms. The van der Waals surface area contributed by atoms with Gasteiger partial charge in [-0.15, -0.1) is 0 Å². The molecular weight excluding hydrogens is 310 g/mol. The highest BCUT2D eigenvalue weighted by atomic mass is 16.5. The van der Waals surface area contributed by atoms with Crippen LogP contribution in [0.15, 0.2) is 16.7 Å². The van der Waals surface area contributed by atoms with Gasteiger partial charge in [0.2, 0.25) is 0 Å². The molecule has 4 rings (SSSR count). The van der Waals surface area contributed by atoms with E-state index in [9.17, 15) is 0 Å². The zero-order valence-corrected chi connectivity index (χ0v) is 15.8. The molecule has 1 aromatic carbocycles. The van der Waals surface area contributed by atoms with Gasteiger partial charge in [-0.3, -0.25) is 0 Å². The number of hydrogen-bond acceptors (Lipinski definition) is 4. The van der Waals surface area contributed by atoms with E-state index >= 15 is 0 Å². The lowest BCUT2D eigenvalue weighted by molar-refractivity contribution is 0.210. The lowest BCUT2D eigenvalue weighted by Gasteiger charge is -2.28. The number of fused-ring (bicyclic) bond motifs is 2. The number of likely N-dealkylation sites (tertiary alicyclic amines) is 1. The van der Waals surface area contributed by atoms with Crippen LogP contribution in [0.5, 0.6) is 0 Å². The maximum absolute atomic E-state index is 5.67. The van der Waals surface area contributed by atoms with Crippen LogP contribution < -0.4 is 0 Å². The summed E-state index contributed by atoms with van der Waals surface area (Å²) >= 11 is 0. The Morgan fingerprint density at radius 1 is 1.08 bits per heavy atom. The summed E-state index contributed by atoms with van der Waals surface area (Å²) in [6.45, 7) is 4.75. The summed E-state index contributed by atoms with van der Waals surface area (Å²) in [7, 11) is 4.45. The van der Waals surface area contributed by atoms with Crippen LogP contribution in [-0.2, 0) is 19.4 Å². The van der Waals surface area contributed by atoms with Crippen molar-refractivity contribution < 1.29 is 4.52 Å². The lowest BCUT2D eigenvalue weighted by atomic mass is 9.91. The number of nitrogens with zero attached hydrogens (tertiary/aromatic N) is 3. The minimum Gasteiger partial charge on any atom is -0.356 e. The molecule has 0 amide bonds. The van der Waals surface area contributed by atoms with Gasteiger partial charge in [-0.25, -0.2) is 0 Å². The highest BCUT2D eigenvalue weighted by Crippen LogP contribution is 2.28. The monoisotopic (exact) mass is 341 g/mol. The molecule has 0 aliphatic carbocycles. The molecule has 1 saturated heterocycles. The Kier molecular flexibility index (Phi) is 5.09. The highest BCUT2D eigenvalue weighted by Gasteiger charge is 2.18. The topological polar surface area (TPSA) is 32.5 Å². The molecule has 25 heavy (non-hydrogen) atoms. The first-order valence-corrected chi connectivity index (χ1v) is 9.96. The Morgan fingerprint density at radius 3 is 2.76 bits per heavy atom. The van der Waals surface area contributed by atoms with Crippen LogP contribution in [0.3, 0.4) is 0 Å². The van der Waals surface area contributed by atoms with Gasteiger partial charge in [0, 0.05) is 11.9 Å². The van der Waals surface area contributed by atoms with E-state index in [2.05, 4.69) is 41.2 Å². The Hall–Kier alpha value is -1.39. The van der Waals surface area contributed by atoms with E-state index in [1.807, 2.05) is 0 Å². The van der Waals surface area contributed by atoms with Gasteiger partial charge in [0.1, 0.15) is 0 Å². The molecule has 4 nitrogen and oxygen atoms in total. The maximum Gasteiger partial charge on any atom is 0.167 e. The van der Waals surface area contributed by atoms with Crippen molar-refractivity contribution >= 4 is 11.0 Å². The van der Waals surface area contributed by atoms with E-state index in [1.54, 1.807) is 0 Å². The van der Waals surface area contributed by atoms with E-state index in [4.69, 9.17) is 4.52 Å². The first-order chi connectivity index (χ1) is 12.2. The van der Waals surface area contributed by atoms with Gasteiger partial charge in [0.25, 0.3) is 0 Å². The first-order valence-electron chi connectivity index (χ1n) is 9.96. The highest BCUT2D eigenvalue weighted by molar-refractivity contribution is 5.81. The summed E-state index contributed by atoms with van der Waals surface area (Å²) in [5, 5.41) is 5.65. The van der Waals surface area contributed by atoms with Crippen LogP contribution in [0.4, 0.5) is 0 Å². The van der Waals surface area contributed by atoms with Crippen LogP contribution in [0.25, 0.3) is 11.0 Å². The predicted molar refractivity (Wildman–Crippen MR) is 102 cm³/mol. The van der Waals surface area contributed by atoms with Crippen molar-refractivity contribution in [3.8, 4) is 0 Å². The number of piperidine rings is 1. The van der Waals surface area contributed by atoms with Gasteiger partial charge in [-0.1, -0.05) is 5.16 Å². The third-order valence-corrected chi connectivity index (χ3v) is 6.16. The summed E-state index contributed by atoms with van der Waals surface area (Å²) in [6.07, 6.45) is 8.71. The maximum atomic E-state index is 5.67. The molecule has 0 unspecified atom stereocenters. The number of hydrogen-bond donors (Lipinski definition) is 0. The van der Waals surface area contributed by atoms with Crippen molar-refractivity contribution in [3.63, 3.8) is 0 Å². The van der Waals surface area contributed by atoms with E-state index in [0.717, 1.165) is 36.6 Å². The van der Waals surface area contributed by atoms with E-state index < -0.39 is 0 Å². The van der Waals surface area contributed by atoms with Crippen molar-refractivity contribution in [3.05, 3.63) is 29.0 Å². The van der Waals surface area contributed by atoms with Gasteiger partial charge in [-0.2, -0.15) is 0 Å². The second-order valence-electron chi connectivity index (χ2n) is 8.23. The fourth-order valence-corrected chi connectivity index (χ4v) is 4.50. The number of benzene rings is 1. The SMILES string of the molecule is CN1CCC(CCCc2noc3cc4c(cc23)CN(C)CCC4)CC1. The van der Waals surface area contributed by atoms with Crippen molar-refractivity contribution in [1.29, 1.82) is 0 Å². The molecule has 2 aliphatic heterocycles. The zero-order chi connectivity index (χ0) is 17.2. The Bertz CT molecular complexity index is 715. The molecule has 1 aromatic heterocycles. The smallest absolute Gasteiger partial charge is 0.167 e. The summed E-state index contributed by atoms with van der Waals surface area (Å²) in [5.74, 6) is 0.902. The number of aromatic nitrogens is 1. The number of aryl methyl sites for hydroxylation is 2. The molecule has 0 N–H and O–H groups in total. The minimum atomic E-state index is 0.902. The average molecular weight is 341 g/mol. The standard InChI is InChI=1S/C21H31N3O/c1-23-11-8-16(9-12-23)5-3-7-20-19-13-18-15-24(2)10-4-6-17(18)14-21(19)25-22-20/h13-14,16H,3-12,15H2,1-2H3. The van der Waals surface area contributed by atoms with Crippen LogP contribution in [0.1, 0.15) is 48.9 Å². The third-order valence-electron chi connectivity index (χ3n) is 6.16. The molecule has 136 valence electrons. The molecule has 2 aliphatic rings. The van der Waals surface area contributed by atoms with Crippen molar-refractivity contribution in [1.82, 2.24) is 15.0 Å². The Labute approximate surface area is 151 Å². The minimum absolute atomic E-state index is 0.902. The molecule has 2 aromatic rings. The summed E-state index contributed by atoms with van der Waals surface area (Å²) in [4.78, 5) is 4.87. The molecule has 0 atom stereocenters. The van der Waals surface area contributed by atoms with Gasteiger partial charge in [0.05, 0.1) is 5.69 Å². The summed E-state index contributed by atoms with van der Waals surface area (Å²) in [6, 6.07) is 4.60. The van der Waals surface area contributed by atoms with Gasteiger partial charge in [0.15, 0.2) is 5.58 Å². The molecular formula is C21H31N3O. The third kappa shape index (κ3) is 3.90. The molecule has 0 radical (unpaired) electrons. The first kappa shape index (κ1) is 17.0. The second kappa shape index (κ2) is 7.46. The fourth-order valence-electron chi connectivity index (χ4n) is 4.50. The number of rotatable bonds is 4. The van der Waals surface area contributed by atoms with Gasteiger partial charge < -0.3 is 14.3 Å². The summed E-state index contributed by atoms with van der Waals surface area (Å²) < 4.78 is 5.67. The van der Waals surface area contributed by atoms with E-state index in [1.165, 1.54) is 68.3 Å².